The molecule has 1 saturated carbocycles. The number of hydrogen-bond acceptors (Lipinski definition) is 5. The van der Waals surface area contributed by atoms with Gasteiger partial charge in [-0.15, -0.1) is 0 Å². The fourth-order valence-corrected chi connectivity index (χ4v) is 4.57. The number of aromatic nitrogens is 1. The molecule has 1 aromatic heterocycles. The minimum Gasteiger partial charge on any atom is -0.457 e. The van der Waals surface area contributed by atoms with Gasteiger partial charge in [-0.1, -0.05) is 29.5 Å². The van der Waals surface area contributed by atoms with Crippen molar-refractivity contribution < 1.29 is 18.7 Å². The number of halogens is 1. The van der Waals surface area contributed by atoms with Crippen LogP contribution in [0.2, 0.25) is 0 Å². The van der Waals surface area contributed by atoms with Crippen molar-refractivity contribution in [2.45, 2.75) is 33.1 Å². The molecule has 178 valence electrons. The summed E-state index contributed by atoms with van der Waals surface area (Å²) in [6.07, 6.45) is 2.01. The second kappa shape index (κ2) is 9.46. The van der Waals surface area contributed by atoms with Crippen LogP contribution in [0.15, 0.2) is 54.6 Å². The van der Waals surface area contributed by atoms with Gasteiger partial charge in [0.1, 0.15) is 17.3 Å². The number of fused-ring (bicyclic) bond motifs is 1. The van der Waals surface area contributed by atoms with Crippen LogP contribution in [-0.4, -0.2) is 16.8 Å². The zero-order valence-corrected chi connectivity index (χ0v) is 20.2. The summed E-state index contributed by atoms with van der Waals surface area (Å²) >= 11 is 1.37. The van der Waals surface area contributed by atoms with Crippen LogP contribution in [0.1, 0.15) is 29.5 Å². The topological polar surface area (TPSA) is 80.3 Å². The van der Waals surface area contributed by atoms with Crippen LogP contribution in [0, 0.1) is 25.6 Å². The minimum atomic E-state index is -0.542. The van der Waals surface area contributed by atoms with Crippen molar-refractivity contribution in [3.63, 3.8) is 0 Å². The van der Waals surface area contributed by atoms with E-state index < -0.39 is 5.82 Å². The van der Waals surface area contributed by atoms with E-state index in [9.17, 15) is 14.0 Å². The molecular weight excluding hydrogens is 465 g/mol. The van der Waals surface area contributed by atoms with Crippen molar-refractivity contribution in [3.8, 4) is 11.5 Å². The van der Waals surface area contributed by atoms with E-state index in [0.29, 0.717) is 16.6 Å². The molecule has 5 rings (SSSR count). The van der Waals surface area contributed by atoms with Crippen molar-refractivity contribution >= 4 is 44.2 Å². The third-order valence-corrected chi connectivity index (χ3v) is 6.86. The Morgan fingerprint density at radius 3 is 2.54 bits per heavy atom. The van der Waals surface area contributed by atoms with E-state index in [1.165, 1.54) is 29.5 Å². The van der Waals surface area contributed by atoms with Crippen LogP contribution in [0.4, 0.5) is 15.2 Å². The van der Waals surface area contributed by atoms with Crippen molar-refractivity contribution in [1.29, 1.82) is 0 Å². The minimum absolute atomic E-state index is 0.0129. The molecule has 1 aliphatic rings. The Hall–Kier alpha value is -3.78. The lowest BCUT2D eigenvalue weighted by molar-refractivity contribution is -0.117. The average molecular weight is 490 g/mol. The SMILES string of the molecule is Cc1ccc(CC(=O)Nc2cc(Oc3ccc4nc(NC(=O)C5CC5)sc4c3)ccc2F)cc1C. The Morgan fingerprint density at radius 2 is 1.77 bits per heavy atom. The lowest BCUT2D eigenvalue weighted by Crippen LogP contribution is -2.15. The first-order chi connectivity index (χ1) is 16.8. The predicted molar refractivity (Wildman–Crippen MR) is 136 cm³/mol. The third kappa shape index (κ3) is 5.49. The number of thiazole rings is 1. The van der Waals surface area contributed by atoms with Gasteiger partial charge in [0.15, 0.2) is 5.13 Å². The van der Waals surface area contributed by atoms with Crippen molar-refractivity contribution in [3.05, 3.63) is 77.1 Å². The zero-order chi connectivity index (χ0) is 24.5. The smallest absolute Gasteiger partial charge is 0.229 e. The molecule has 1 heterocycles. The molecule has 0 atom stereocenters. The third-order valence-electron chi connectivity index (χ3n) is 5.92. The summed E-state index contributed by atoms with van der Waals surface area (Å²) in [7, 11) is 0. The molecule has 0 aliphatic heterocycles. The van der Waals surface area contributed by atoms with Crippen molar-refractivity contribution in [1.82, 2.24) is 4.98 Å². The summed E-state index contributed by atoms with van der Waals surface area (Å²) in [5.74, 6) is 0.198. The van der Waals surface area contributed by atoms with E-state index >= 15 is 0 Å². The van der Waals surface area contributed by atoms with E-state index in [1.54, 1.807) is 6.07 Å². The Balaban J connectivity index is 1.27. The molecule has 1 aliphatic carbocycles. The fraction of sp³-hybridized carbons (Fsp3) is 0.222. The Bertz CT molecular complexity index is 1450. The first kappa shape index (κ1) is 23.0. The molecule has 0 unspecified atom stereocenters. The lowest BCUT2D eigenvalue weighted by atomic mass is 10.0. The van der Waals surface area contributed by atoms with Gasteiger partial charge in [-0.3, -0.25) is 9.59 Å². The number of amides is 2. The first-order valence-electron chi connectivity index (χ1n) is 11.4. The van der Waals surface area contributed by atoms with E-state index in [1.807, 2.05) is 44.2 Å². The van der Waals surface area contributed by atoms with E-state index in [-0.39, 0.29) is 29.8 Å². The van der Waals surface area contributed by atoms with Gasteiger partial charge >= 0.3 is 0 Å². The van der Waals surface area contributed by atoms with Crippen molar-refractivity contribution in [2.24, 2.45) is 5.92 Å². The number of carbonyl (C=O) groups excluding carboxylic acids is 2. The van der Waals surface area contributed by atoms with E-state index in [0.717, 1.165) is 39.7 Å². The summed E-state index contributed by atoms with van der Waals surface area (Å²) in [5.41, 5.74) is 3.93. The van der Waals surface area contributed by atoms with Gasteiger partial charge in [-0.2, -0.15) is 0 Å². The maximum Gasteiger partial charge on any atom is 0.229 e. The van der Waals surface area contributed by atoms with E-state index in [4.69, 9.17) is 4.74 Å². The molecule has 0 saturated heterocycles. The lowest BCUT2D eigenvalue weighted by Gasteiger charge is -2.11. The highest BCUT2D eigenvalue weighted by atomic mass is 32.1. The van der Waals surface area contributed by atoms with Crippen molar-refractivity contribution in [2.75, 3.05) is 10.6 Å². The highest BCUT2D eigenvalue weighted by Crippen LogP contribution is 2.34. The van der Waals surface area contributed by atoms with Gasteiger partial charge in [-0.05, 0) is 67.6 Å². The van der Waals surface area contributed by atoms with Gasteiger partial charge in [0.2, 0.25) is 11.8 Å². The molecule has 6 nitrogen and oxygen atoms in total. The number of anilines is 2. The van der Waals surface area contributed by atoms with Gasteiger partial charge in [0, 0.05) is 18.1 Å². The maximum atomic E-state index is 14.4. The number of benzene rings is 3. The normalized spacial score (nSPS) is 13.0. The van der Waals surface area contributed by atoms with Gasteiger partial charge in [0.05, 0.1) is 22.3 Å². The summed E-state index contributed by atoms with van der Waals surface area (Å²) in [5, 5.41) is 6.07. The number of carbonyl (C=O) groups is 2. The molecule has 1 fully saturated rings. The number of rotatable bonds is 7. The van der Waals surface area contributed by atoms with Crippen LogP contribution in [0.25, 0.3) is 10.2 Å². The molecule has 8 heteroatoms. The number of ether oxygens (including phenoxy) is 1. The fourth-order valence-electron chi connectivity index (χ4n) is 3.67. The van der Waals surface area contributed by atoms with Crippen LogP contribution >= 0.6 is 11.3 Å². The van der Waals surface area contributed by atoms with Crippen LogP contribution < -0.4 is 15.4 Å². The average Bonchev–Trinajstić information content (AvgIpc) is 3.59. The molecule has 0 radical (unpaired) electrons. The number of hydrogen-bond donors (Lipinski definition) is 2. The highest BCUT2D eigenvalue weighted by molar-refractivity contribution is 7.22. The largest absolute Gasteiger partial charge is 0.457 e. The monoisotopic (exact) mass is 489 g/mol. The van der Waals surface area contributed by atoms with E-state index in [2.05, 4.69) is 15.6 Å². The molecular formula is C27H24FN3O3S. The Kier molecular flexibility index (Phi) is 6.21. The number of nitrogens with one attached hydrogen (secondary N) is 2. The van der Waals surface area contributed by atoms with Gasteiger partial charge in [-0.25, -0.2) is 9.37 Å². The number of aryl methyl sites for hydroxylation is 2. The zero-order valence-electron chi connectivity index (χ0n) is 19.4. The first-order valence-corrected chi connectivity index (χ1v) is 12.2. The standard InChI is InChI=1S/C27H24FN3O3S/c1-15-3-4-17(11-16(15)2)12-25(32)29-23-13-19(7-9-21(23)28)34-20-8-10-22-24(14-20)35-27(30-22)31-26(33)18-5-6-18/h3-4,7-11,13-14,18H,5-6,12H2,1-2H3,(H,29,32)(H,30,31,33). The summed E-state index contributed by atoms with van der Waals surface area (Å²) < 4.78 is 21.2. The molecule has 3 aromatic carbocycles. The summed E-state index contributed by atoms with van der Waals surface area (Å²) in [6, 6.07) is 15.5. The maximum absolute atomic E-state index is 14.4. The molecule has 0 bridgehead atoms. The summed E-state index contributed by atoms with van der Waals surface area (Å²) in [4.78, 5) is 29.0. The summed E-state index contributed by atoms with van der Waals surface area (Å²) in [6.45, 7) is 4.00. The second-order valence-electron chi connectivity index (χ2n) is 8.80. The van der Waals surface area contributed by atoms with Gasteiger partial charge in [0.25, 0.3) is 0 Å². The molecule has 4 aromatic rings. The van der Waals surface area contributed by atoms with Crippen LogP contribution in [0.5, 0.6) is 11.5 Å². The molecule has 2 amide bonds. The van der Waals surface area contributed by atoms with Gasteiger partial charge < -0.3 is 15.4 Å². The Morgan fingerprint density at radius 1 is 1.00 bits per heavy atom. The predicted octanol–water partition coefficient (Wildman–Crippen LogP) is 6.37. The highest BCUT2D eigenvalue weighted by Gasteiger charge is 2.30. The second-order valence-corrected chi connectivity index (χ2v) is 9.83. The molecule has 35 heavy (non-hydrogen) atoms. The molecule has 2 N–H and O–H groups in total. The molecule has 0 spiro atoms. The Labute approximate surface area is 206 Å². The number of nitrogens with zero attached hydrogens (tertiary/aromatic N) is 1. The quantitative estimate of drug-likeness (QED) is 0.316. The van der Waals surface area contributed by atoms with Crippen LogP contribution in [-0.2, 0) is 16.0 Å². The van der Waals surface area contributed by atoms with Crippen LogP contribution in [0.3, 0.4) is 0 Å².